The molecule has 0 radical (unpaired) electrons. The molecule has 0 fully saturated rings. The molecule has 0 spiro atoms. The first-order valence-electron chi connectivity index (χ1n) is 5.33. The average Bonchev–Trinajstić information content (AvgIpc) is 2.21. The molecular weight excluding hydrogens is 184 g/mol. The third kappa shape index (κ3) is 3.73. The number of hydrogen-bond donors (Lipinski definition) is 1. The van der Waals surface area contributed by atoms with Crippen molar-refractivity contribution in [3.63, 3.8) is 0 Å². The molecule has 0 aliphatic carbocycles. The van der Waals surface area contributed by atoms with Crippen molar-refractivity contribution in [1.82, 2.24) is 5.32 Å². The highest BCUT2D eigenvalue weighted by atomic mass is 14.9. The van der Waals surface area contributed by atoms with Gasteiger partial charge in [-0.15, -0.1) is 0 Å². The molecule has 1 unspecified atom stereocenters. The summed E-state index contributed by atoms with van der Waals surface area (Å²) in [6, 6.07) is 10.2. The number of nitriles is 1. The Morgan fingerprint density at radius 2 is 1.87 bits per heavy atom. The first-order valence-corrected chi connectivity index (χ1v) is 5.33. The highest BCUT2D eigenvalue weighted by molar-refractivity contribution is 5.27. The highest BCUT2D eigenvalue weighted by Gasteiger charge is 2.09. The molecule has 0 bridgehead atoms. The van der Waals surface area contributed by atoms with Crippen LogP contribution in [0.5, 0.6) is 0 Å². The van der Waals surface area contributed by atoms with Gasteiger partial charge >= 0.3 is 0 Å². The quantitative estimate of drug-likeness (QED) is 0.815. The predicted octanol–water partition coefficient (Wildman–Crippen LogP) is 2.81. The zero-order valence-corrected chi connectivity index (χ0v) is 9.62. The Kier molecular flexibility index (Phi) is 4.33. The molecule has 0 aromatic heterocycles. The average molecular weight is 202 g/mol. The maximum atomic E-state index is 9.05. The van der Waals surface area contributed by atoms with Crippen LogP contribution in [0.2, 0.25) is 0 Å². The molecule has 1 rings (SSSR count). The monoisotopic (exact) mass is 202 g/mol. The molecule has 0 saturated carbocycles. The SMILES string of the molecule is Cc1ccc(C(C#N)NCC(C)C)cc1. The van der Waals surface area contributed by atoms with Crippen LogP contribution < -0.4 is 5.32 Å². The number of benzene rings is 1. The number of aryl methyl sites for hydroxylation is 1. The summed E-state index contributed by atoms with van der Waals surface area (Å²) in [7, 11) is 0. The Balaban J connectivity index is 2.67. The van der Waals surface area contributed by atoms with Crippen molar-refractivity contribution < 1.29 is 0 Å². The smallest absolute Gasteiger partial charge is 0.121 e. The largest absolute Gasteiger partial charge is 0.298 e. The molecule has 0 saturated heterocycles. The van der Waals surface area contributed by atoms with Crippen molar-refractivity contribution in [2.75, 3.05) is 6.54 Å². The molecule has 0 heterocycles. The molecule has 1 aromatic rings. The molecule has 0 aliphatic rings. The van der Waals surface area contributed by atoms with Gasteiger partial charge in [0.05, 0.1) is 6.07 Å². The summed E-state index contributed by atoms with van der Waals surface area (Å²) in [6.45, 7) is 7.19. The molecule has 1 atom stereocenters. The van der Waals surface area contributed by atoms with Gasteiger partial charge in [0.2, 0.25) is 0 Å². The van der Waals surface area contributed by atoms with E-state index in [0.29, 0.717) is 5.92 Å². The van der Waals surface area contributed by atoms with Crippen molar-refractivity contribution in [2.45, 2.75) is 26.8 Å². The summed E-state index contributed by atoms with van der Waals surface area (Å²) in [4.78, 5) is 0. The fourth-order valence-corrected chi connectivity index (χ4v) is 1.35. The van der Waals surface area contributed by atoms with Gasteiger partial charge in [0.15, 0.2) is 0 Å². The number of hydrogen-bond acceptors (Lipinski definition) is 2. The minimum absolute atomic E-state index is 0.187. The van der Waals surface area contributed by atoms with E-state index in [1.807, 2.05) is 31.2 Å². The molecule has 1 aromatic carbocycles. The third-order valence-electron chi connectivity index (χ3n) is 2.27. The van der Waals surface area contributed by atoms with Gasteiger partial charge in [-0.25, -0.2) is 0 Å². The van der Waals surface area contributed by atoms with Gasteiger partial charge in [-0.3, -0.25) is 5.32 Å². The second kappa shape index (κ2) is 5.53. The second-order valence-corrected chi connectivity index (χ2v) is 4.27. The van der Waals surface area contributed by atoms with Gasteiger partial charge in [-0.2, -0.15) is 5.26 Å². The summed E-state index contributed by atoms with van der Waals surface area (Å²) >= 11 is 0. The van der Waals surface area contributed by atoms with Crippen molar-refractivity contribution in [3.05, 3.63) is 35.4 Å². The maximum Gasteiger partial charge on any atom is 0.121 e. The van der Waals surface area contributed by atoms with Crippen molar-refractivity contribution in [2.24, 2.45) is 5.92 Å². The van der Waals surface area contributed by atoms with Crippen LogP contribution in [-0.4, -0.2) is 6.54 Å². The number of nitrogens with one attached hydrogen (secondary N) is 1. The van der Waals surface area contributed by atoms with Crippen LogP contribution in [0.15, 0.2) is 24.3 Å². The van der Waals surface area contributed by atoms with Crippen LogP contribution >= 0.6 is 0 Å². The highest BCUT2D eigenvalue weighted by Crippen LogP contribution is 2.13. The van der Waals surface area contributed by atoms with Gasteiger partial charge in [0.1, 0.15) is 6.04 Å². The first-order chi connectivity index (χ1) is 7.13. The number of nitrogens with zero attached hydrogens (tertiary/aromatic N) is 1. The normalized spacial score (nSPS) is 12.5. The molecular formula is C13H18N2. The Labute approximate surface area is 91.9 Å². The van der Waals surface area contributed by atoms with Crippen LogP contribution in [0.3, 0.4) is 0 Å². The standard InChI is InChI=1S/C13H18N2/c1-10(2)9-15-13(8-14)12-6-4-11(3)5-7-12/h4-7,10,13,15H,9H2,1-3H3. The predicted molar refractivity (Wildman–Crippen MR) is 62.4 cm³/mol. The van der Waals surface area contributed by atoms with E-state index in [0.717, 1.165) is 12.1 Å². The summed E-state index contributed by atoms with van der Waals surface area (Å²) in [6.07, 6.45) is 0. The lowest BCUT2D eigenvalue weighted by atomic mass is 10.1. The van der Waals surface area contributed by atoms with Crippen molar-refractivity contribution in [3.8, 4) is 6.07 Å². The third-order valence-corrected chi connectivity index (χ3v) is 2.27. The zero-order chi connectivity index (χ0) is 11.3. The second-order valence-electron chi connectivity index (χ2n) is 4.27. The minimum Gasteiger partial charge on any atom is -0.298 e. The Morgan fingerprint density at radius 1 is 1.27 bits per heavy atom. The molecule has 15 heavy (non-hydrogen) atoms. The Bertz CT molecular complexity index is 333. The van der Waals surface area contributed by atoms with E-state index in [9.17, 15) is 0 Å². The van der Waals surface area contributed by atoms with Crippen LogP contribution in [-0.2, 0) is 0 Å². The molecule has 0 amide bonds. The van der Waals surface area contributed by atoms with Crippen LogP contribution in [0.25, 0.3) is 0 Å². The van der Waals surface area contributed by atoms with E-state index in [1.54, 1.807) is 0 Å². The zero-order valence-electron chi connectivity index (χ0n) is 9.62. The summed E-state index contributed by atoms with van der Waals surface area (Å²) in [5.74, 6) is 0.561. The fraction of sp³-hybridized carbons (Fsp3) is 0.462. The maximum absolute atomic E-state index is 9.05. The van der Waals surface area contributed by atoms with Gasteiger partial charge in [0.25, 0.3) is 0 Å². The van der Waals surface area contributed by atoms with E-state index in [4.69, 9.17) is 5.26 Å². The lowest BCUT2D eigenvalue weighted by Gasteiger charge is -2.13. The van der Waals surface area contributed by atoms with Crippen molar-refractivity contribution >= 4 is 0 Å². The van der Waals surface area contributed by atoms with E-state index in [-0.39, 0.29) is 6.04 Å². The molecule has 2 heteroatoms. The van der Waals surface area contributed by atoms with Crippen molar-refractivity contribution in [1.29, 1.82) is 5.26 Å². The summed E-state index contributed by atoms with van der Waals surface area (Å²) < 4.78 is 0. The van der Waals surface area contributed by atoms with E-state index in [1.165, 1.54) is 5.56 Å². The topological polar surface area (TPSA) is 35.8 Å². The summed E-state index contributed by atoms with van der Waals surface area (Å²) in [5, 5.41) is 12.3. The van der Waals surface area contributed by atoms with E-state index in [2.05, 4.69) is 25.2 Å². The molecule has 80 valence electrons. The van der Waals surface area contributed by atoms with Gasteiger partial charge in [-0.1, -0.05) is 43.7 Å². The number of rotatable bonds is 4. The fourth-order valence-electron chi connectivity index (χ4n) is 1.35. The van der Waals surface area contributed by atoms with Crippen LogP contribution in [0.1, 0.15) is 31.0 Å². The Hall–Kier alpha value is -1.33. The minimum atomic E-state index is -0.187. The van der Waals surface area contributed by atoms with Gasteiger partial charge < -0.3 is 0 Å². The van der Waals surface area contributed by atoms with Gasteiger partial charge in [0, 0.05) is 0 Å². The lowest BCUT2D eigenvalue weighted by molar-refractivity contribution is 0.525. The summed E-state index contributed by atoms with van der Waals surface area (Å²) in [5.41, 5.74) is 2.27. The molecule has 2 nitrogen and oxygen atoms in total. The van der Waals surface area contributed by atoms with Gasteiger partial charge in [-0.05, 0) is 24.9 Å². The Morgan fingerprint density at radius 3 is 2.33 bits per heavy atom. The van der Waals surface area contributed by atoms with Crippen LogP contribution in [0, 0.1) is 24.2 Å². The molecule has 1 N–H and O–H groups in total. The molecule has 0 aliphatic heterocycles. The lowest BCUT2D eigenvalue weighted by Crippen LogP contribution is -2.24. The van der Waals surface area contributed by atoms with E-state index < -0.39 is 0 Å². The van der Waals surface area contributed by atoms with E-state index >= 15 is 0 Å². The first kappa shape index (κ1) is 11.7. The van der Waals surface area contributed by atoms with Crippen LogP contribution in [0.4, 0.5) is 0 Å².